The predicted molar refractivity (Wildman–Crippen MR) is 48.7 cm³/mol. The predicted octanol–water partition coefficient (Wildman–Crippen LogP) is 2.34. The quantitative estimate of drug-likeness (QED) is 0.541. The first-order chi connectivity index (χ1) is 5.79. The number of allylic oxidation sites excluding steroid dienone is 4. The molecule has 0 aromatic heterocycles. The monoisotopic (exact) mass is 162 g/mol. The van der Waals surface area contributed by atoms with Gasteiger partial charge in [0.25, 0.3) is 0 Å². The zero-order valence-electron chi connectivity index (χ0n) is 7.36. The molecule has 2 aliphatic carbocycles. The molecular weight excluding hydrogens is 148 g/mol. The molecule has 3 atom stereocenters. The Morgan fingerprint density at radius 3 is 2.75 bits per heavy atom. The van der Waals surface area contributed by atoms with Crippen molar-refractivity contribution in [3.63, 3.8) is 0 Å². The van der Waals surface area contributed by atoms with Crippen molar-refractivity contribution in [2.24, 2.45) is 17.8 Å². The van der Waals surface area contributed by atoms with Crippen molar-refractivity contribution in [1.82, 2.24) is 0 Å². The smallest absolute Gasteiger partial charge is 0.136 e. The van der Waals surface area contributed by atoms with Crippen LogP contribution in [0.2, 0.25) is 0 Å². The van der Waals surface area contributed by atoms with Crippen molar-refractivity contribution in [2.45, 2.75) is 19.8 Å². The fraction of sp³-hybridized carbons (Fsp3) is 0.545. The molecular formula is C11H14O. The van der Waals surface area contributed by atoms with Crippen LogP contribution < -0.4 is 0 Å². The minimum absolute atomic E-state index is 0.208. The molecule has 3 unspecified atom stereocenters. The maximum atomic E-state index is 11.2. The minimum atomic E-state index is 0.208. The van der Waals surface area contributed by atoms with E-state index < -0.39 is 0 Å². The standard InChI is InChI=1S/C11H14O/c1-8(12)10-7-6-9-4-2-3-5-11(9)10/h2-3,6-7,9-11H,4-5H2,1H3. The van der Waals surface area contributed by atoms with E-state index in [1.807, 2.05) is 0 Å². The third-order valence-corrected chi connectivity index (χ3v) is 3.03. The van der Waals surface area contributed by atoms with Gasteiger partial charge in [0.1, 0.15) is 5.78 Å². The average molecular weight is 162 g/mol. The molecule has 0 aromatic rings. The van der Waals surface area contributed by atoms with Gasteiger partial charge in [-0.25, -0.2) is 0 Å². The van der Waals surface area contributed by atoms with Gasteiger partial charge in [-0.1, -0.05) is 24.3 Å². The second kappa shape index (κ2) is 2.89. The molecule has 2 rings (SSSR count). The van der Waals surface area contributed by atoms with Gasteiger partial charge in [0.15, 0.2) is 0 Å². The van der Waals surface area contributed by atoms with Crippen LogP contribution in [-0.2, 0) is 4.79 Å². The van der Waals surface area contributed by atoms with Gasteiger partial charge in [-0.05, 0) is 31.6 Å². The molecule has 0 fully saturated rings. The van der Waals surface area contributed by atoms with E-state index in [2.05, 4.69) is 24.3 Å². The summed E-state index contributed by atoms with van der Waals surface area (Å²) in [4.78, 5) is 11.2. The number of hydrogen-bond acceptors (Lipinski definition) is 1. The summed E-state index contributed by atoms with van der Waals surface area (Å²) in [5, 5.41) is 0. The molecule has 0 saturated heterocycles. The van der Waals surface area contributed by atoms with Crippen LogP contribution in [0.5, 0.6) is 0 Å². The summed E-state index contributed by atoms with van der Waals surface area (Å²) in [6.07, 6.45) is 11.0. The summed E-state index contributed by atoms with van der Waals surface area (Å²) in [6.45, 7) is 1.70. The summed E-state index contributed by atoms with van der Waals surface area (Å²) < 4.78 is 0. The maximum absolute atomic E-state index is 11.2. The maximum Gasteiger partial charge on any atom is 0.136 e. The van der Waals surface area contributed by atoms with E-state index >= 15 is 0 Å². The van der Waals surface area contributed by atoms with E-state index in [0.29, 0.717) is 17.6 Å². The van der Waals surface area contributed by atoms with Crippen molar-refractivity contribution in [3.8, 4) is 0 Å². The van der Waals surface area contributed by atoms with Crippen LogP contribution >= 0.6 is 0 Å². The zero-order chi connectivity index (χ0) is 8.55. The fourth-order valence-corrected chi connectivity index (χ4v) is 2.33. The molecule has 0 aromatic carbocycles. The minimum Gasteiger partial charge on any atom is -0.299 e. The molecule has 0 heterocycles. The van der Waals surface area contributed by atoms with Crippen molar-refractivity contribution in [1.29, 1.82) is 0 Å². The molecule has 0 amide bonds. The molecule has 1 nitrogen and oxygen atoms in total. The summed E-state index contributed by atoms with van der Waals surface area (Å²) in [5.41, 5.74) is 0. The van der Waals surface area contributed by atoms with Gasteiger partial charge in [0.2, 0.25) is 0 Å². The number of rotatable bonds is 1. The normalized spacial score (nSPS) is 38.2. The van der Waals surface area contributed by atoms with Gasteiger partial charge in [0, 0.05) is 5.92 Å². The van der Waals surface area contributed by atoms with Crippen LogP contribution in [0, 0.1) is 17.8 Å². The van der Waals surface area contributed by atoms with E-state index in [-0.39, 0.29) is 5.92 Å². The SMILES string of the molecule is CC(=O)C1C=CC2CC=CCC21. The lowest BCUT2D eigenvalue weighted by atomic mass is 9.79. The van der Waals surface area contributed by atoms with Crippen LogP contribution in [-0.4, -0.2) is 5.78 Å². The molecule has 0 saturated carbocycles. The second-order valence-electron chi connectivity index (χ2n) is 3.79. The first-order valence-corrected chi connectivity index (χ1v) is 4.63. The highest BCUT2D eigenvalue weighted by Crippen LogP contribution is 2.38. The van der Waals surface area contributed by atoms with Crippen LogP contribution in [0.1, 0.15) is 19.8 Å². The Balaban J connectivity index is 2.17. The Bertz CT molecular complexity index is 250. The Kier molecular flexibility index (Phi) is 1.87. The summed E-state index contributed by atoms with van der Waals surface area (Å²) >= 11 is 0. The third kappa shape index (κ3) is 1.13. The highest BCUT2D eigenvalue weighted by Gasteiger charge is 2.33. The van der Waals surface area contributed by atoms with Crippen molar-refractivity contribution in [2.75, 3.05) is 0 Å². The van der Waals surface area contributed by atoms with Crippen molar-refractivity contribution in [3.05, 3.63) is 24.3 Å². The van der Waals surface area contributed by atoms with Crippen LogP contribution in [0.25, 0.3) is 0 Å². The van der Waals surface area contributed by atoms with E-state index in [4.69, 9.17) is 0 Å². The second-order valence-corrected chi connectivity index (χ2v) is 3.79. The Labute approximate surface area is 73.2 Å². The molecule has 0 radical (unpaired) electrons. The summed E-state index contributed by atoms with van der Waals surface area (Å²) in [7, 11) is 0. The van der Waals surface area contributed by atoms with Gasteiger partial charge in [-0.3, -0.25) is 4.79 Å². The number of fused-ring (bicyclic) bond motifs is 1. The van der Waals surface area contributed by atoms with Crippen molar-refractivity contribution < 1.29 is 4.79 Å². The third-order valence-electron chi connectivity index (χ3n) is 3.03. The van der Waals surface area contributed by atoms with Gasteiger partial charge in [-0.2, -0.15) is 0 Å². The first kappa shape index (κ1) is 7.78. The van der Waals surface area contributed by atoms with Crippen LogP contribution in [0.3, 0.4) is 0 Å². The van der Waals surface area contributed by atoms with Crippen LogP contribution in [0.4, 0.5) is 0 Å². The molecule has 64 valence electrons. The number of Topliss-reactive ketones (excluding diaryl/α,β-unsaturated/α-hetero) is 1. The molecule has 0 N–H and O–H groups in total. The van der Waals surface area contributed by atoms with E-state index in [0.717, 1.165) is 12.8 Å². The summed E-state index contributed by atoms with van der Waals surface area (Å²) in [5.74, 6) is 1.76. The Morgan fingerprint density at radius 1 is 1.25 bits per heavy atom. The van der Waals surface area contributed by atoms with Crippen LogP contribution in [0.15, 0.2) is 24.3 Å². The highest BCUT2D eigenvalue weighted by molar-refractivity contribution is 5.81. The summed E-state index contributed by atoms with van der Waals surface area (Å²) in [6, 6.07) is 0. The molecule has 2 aliphatic rings. The Hall–Kier alpha value is -0.850. The lowest BCUT2D eigenvalue weighted by molar-refractivity contribution is -0.120. The van der Waals surface area contributed by atoms with Gasteiger partial charge in [-0.15, -0.1) is 0 Å². The molecule has 1 heteroatoms. The van der Waals surface area contributed by atoms with Gasteiger partial charge < -0.3 is 0 Å². The number of ketones is 1. The Morgan fingerprint density at radius 2 is 2.00 bits per heavy atom. The van der Waals surface area contributed by atoms with Gasteiger partial charge in [0.05, 0.1) is 0 Å². The lowest BCUT2D eigenvalue weighted by Gasteiger charge is -2.24. The molecule has 0 bridgehead atoms. The van der Waals surface area contributed by atoms with Gasteiger partial charge >= 0.3 is 0 Å². The average Bonchev–Trinajstić information content (AvgIpc) is 2.47. The topological polar surface area (TPSA) is 17.1 Å². The lowest BCUT2D eigenvalue weighted by Crippen LogP contribution is -2.22. The largest absolute Gasteiger partial charge is 0.299 e. The fourth-order valence-electron chi connectivity index (χ4n) is 2.33. The molecule has 0 spiro atoms. The molecule has 0 aliphatic heterocycles. The van der Waals surface area contributed by atoms with E-state index in [1.165, 1.54) is 0 Å². The highest BCUT2D eigenvalue weighted by atomic mass is 16.1. The number of carbonyl (C=O) groups is 1. The first-order valence-electron chi connectivity index (χ1n) is 4.63. The van der Waals surface area contributed by atoms with E-state index in [1.54, 1.807) is 6.92 Å². The zero-order valence-corrected chi connectivity index (χ0v) is 7.36. The number of hydrogen-bond donors (Lipinski definition) is 0. The number of carbonyl (C=O) groups excluding carboxylic acids is 1. The molecule has 12 heavy (non-hydrogen) atoms. The van der Waals surface area contributed by atoms with Crippen molar-refractivity contribution >= 4 is 5.78 Å². The van der Waals surface area contributed by atoms with E-state index in [9.17, 15) is 4.79 Å².